The van der Waals surface area contributed by atoms with Gasteiger partial charge in [-0.1, -0.05) is 24.3 Å². The van der Waals surface area contributed by atoms with Crippen LogP contribution < -0.4 is 19.1 Å². The van der Waals surface area contributed by atoms with Gasteiger partial charge in [-0.05, 0) is 54.4 Å². The molecule has 0 heterocycles. The van der Waals surface area contributed by atoms with Crippen molar-refractivity contribution in [2.45, 2.75) is 13.5 Å². The van der Waals surface area contributed by atoms with Gasteiger partial charge in [0, 0.05) is 7.05 Å². The highest BCUT2D eigenvalue weighted by atomic mass is 16.5. The molecule has 0 saturated carbocycles. The molecule has 0 unspecified atom stereocenters. The summed E-state index contributed by atoms with van der Waals surface area (Å²) >= 11 is 0. The molecule has 0 saturated heterocycles. The summed E-state index contributed by atoms with van der Waals surface area (Å²) in [5.41, 5.74) is 2.89. The topological polar surface area (TPSA) is 77.4 Å². The van der Waals surface area contributed by atoms with Crippen LogP contribution in [0.25, 0.3) is 0 Å². The van der Waals surface area contributed by atoms with Gasteiger partial charge in [0.1, 0.15) is 29.5 Å². The van der Waals surface area contributed by atoms with Crippen LogP contribution in [0.15, 0.2) is 65.7 Å². The number of nitrogens with zero attached hydrogens (tertiary/aromatic N) is 2. The minimum Gasteiger partial charge on any atom is -0.497 e. The molecule has 164 valence electrons. The zero-order valence-electron chi connectivity index (χ0n) is 18.4. The number of benzene rings is 3. The number of hydrogen-bond donors (Lipinski definition) is 0. The van der Waals surface area contributed by atoms with Gasteiger partial charge in [-0.2, -0.15) is 4.99 Å². The van der Waals surface area contributed by atoms with Gasteiger partial charge in [-0.25, -0.2) is 4.79 Å². The van der Waals surface area contributed by atoms with Crippen molar-refractivity contribution < 1.29 is 23.8 Å². The third-order valence-corrected chi connectivity index (χ3v) is 4.94. The smallest absolute Gasteiger partial charge is 0.260 e. The van der Waals surface area contributed by atoms with Crippen molar-refractivity contribution in [2.75, 3.05) is 26.2 Å². The molecule has 0 aliphatic heterocycles. The summed E-state index contributed by atoms with van der Waals surface area (Å²) in [4.78, 5) is 29.4. The predicted octanol–water partition coefficient (Wildman–Crippen LogP) is 4.84. The fourth-order valence-corrected chi connectivity index (χ4v) is 3.21. The molecule has 0 N–H and O–H groups in total. The molecule has 32 heavy (non-hydrogen) atoms. The minimum absolute atomic E-state index is 0.134. The summed E-state index contributed by atoms with van der Waals surface area (Å²) < 4.78 is 16.5. The van der Waals surface area contributed by atoms with Crippen LogP contribution in [0, 0.1) is 6.92 Å². The molecule has 0 radical (unpaired) electrons. The Morgan fingerprint density at radius 3 is 2.41 bits per heavy atom. The van der Waals surface area contributed by atoms with E-state index in [0.29, 0.717) is 23.8 Å². The van der Waals surface area contributed by atoms with E-state index < -0.39 is 0 Å². The lowest BCUT2D eigenvalue weighted by Crippen LogP contribution is -2.27. The van der Waals surface area contributed by atoms with Crippen LogP contribution in [0.5, 0.6) is 17.2 Å². The highest BCUT2D eigenvalue weighted by Crippen LogP contribution is 2.35. The summed E-state index contributed by atoms with van der Waals surface area (Å²) in [6.07, 6.45) is 1.49. The Balaban J connectivity index is 1.90. The minimum atomic E-state index is -0.365. The number of isocyanates is 1. The number of methoxy groups -OCH3 is 2. The molecule has 0 aliphatic rings. The first kappa shape index (κ1) is 22.6. The van der Waals surface area contributed by atoms with Crippen molar-refractivity contribution in [3.05, 3.63) is 77.4 Å². The molecule has 3 rings (SSSR count). The molecule has 0 spiro atoms. The number of para-hydroxylation sites is 1. The molecule has 0 aliphatic carbocycles. The summed E-state index contributed by atoms with van der Waals surface area (Å²) in [6, 6.07) is 18.0. The second kappa shape index (κ2) is 10.3. The Morgan fingerprint density at radius 1 is 1.00 bits per heavy atom. The lowest BCUT2D eigenvalue weighted by Gasteiger charge is -2.22. The zero-order chi connectivity index (χ0) is 23.1. The van der Waals surface area contributed by atoms with E-state index in [1.807, 2.05) is 49.4 Å². The van der Waals surface area contributed by atoms with Gasteiger partial charge < -0.3 is 19.1 Å². The van der Waals surface area contributed by atoms with Crippen LogP contribution in [0.4, 0.5) is 11.4 Å². The lowest BCUT2D eigenvalue weighted by atomic mass is 10.1. The van der Waals surface area contributed by atoms with Gasteiger partial charge >= 0.3 is 0 Å². The average Bonchev–Trinajstić information content (AvgIpc) is 2.82. The Morgan fingerprint density at radius 2 is 1.75 bits per heavy atom. The molecule has 0 atom stereocenters. The number of hydrogen-bond acceptors (Lipinski definition) is 6. The number of amides is 1. The largest absolute Gasteiger partial charge is 0.497 e. The van der Waals surface area contributed by atoms with Crippen LogP contribution in [-0.4, -0.2) is 33.3 Å². The van der Waals surface area contributed by atoms with Gasteiger partial charge in [0.2, 0.25) is 6.08 Å². The number of aliphatic imine (C=N–C) groups is 1. The molecule has 0 bridgehead atoms. The Labute approximate surface area is 186 Å². The van der Waals surface area contributed by atoms with Crippen LogP contribution in [-0.2, 0) is 11.4 Å². The first-order valence-corrected chi connectivity index (χ1v) is 9.87. The third kappa shape index (κ3) is 4.96. The van der Waals surface area contributed by atoms with E-state index in [2.05, 4.69) is 4.99 Å². The van der Waals surface area contributed by atoms with Crippen molar-refractivity contribution in [3.8, 4) is 17.2 Å². The van der Waals surface area contributed by atoms with E-state index in [-0.39, 0.29) is 17.2 Å². The summed E-state index contributed by atoms with van der Waals surface area (Å²) in [5.74, 6) is 1.27. The molecule has 3 aromatic rings. The molecule has 3 aromatic carbocycles. The zero-order valence-corrected chi connectivity index (χ0v) is 18.4. The van der Waals surface area contributed by atoms with E-state index >= 15 is 0 Å². The number of aryl methyl sites for hydroxylation is 1. The molecular weight excluding hydrogens is 408 g/mol. The number of rotatable bonds is 8. The maximum Gasteiger partial charge on any atom is 0.260 e. The Bertz CT molecular complexity index is 1150. The monoisotopic (exact) mass is 432 g/mol. The van der Waals surface area contributed by atoms with Crippen molar-refractivity contribution in [1.82, 2.24) is 0 Å². The van der Waals surface area contributed by atoms with Crippen molar-refractivity contribution in [1.29, 1.82) is 0 Å². The number of anilines is 1. The summed E-state index contributed by atoms with van der Waals surface area (Å²) in [6.45, 7) is 2.27. The highest BCUT2D eigenvalue weighted by molar-refractivity contribution is 6.10. The SMILES string of the molecule is COc1ccc(COc2cc(C)ccc2N(C)C(=O)c2cccc(OC)c2N=C=O)cc1. The van der Waals surface area contributed by atoms with Crippen LogP contribution in [0.1, 0.15) is 21.5 Å². The number of ether oxygens (including phenoxy) is 3. The van der Waals surface area contributed by atoms with Crippen molar-refractivity contribution >= 4 is 23.4 Å². The maximum absolute atomic E-state index is 13.3. The van der Waals surface area contributed by atoms with Crippen LogP contribution in [0.3, 0.4) is 0 Å². The standard InChI is InChI=1S/C25H24N2O5/c1-17-8-13-21(23(14-17)32-15-18-9-11-19(30-3)12-10-18)27(2)25(29)20-6-5-7-22(31-4)24(20)26-16-28/h5-14H,15H2,1-4H3. The fraction of sp³-hybridized carbons (Fsp3) is 0.200. The lowest BCUT2D eigenvalue weighted by molar-refractivity contribution is 0.0992. The maximum atomic E-state index is 13.3. The quantitative estimate of drug-likeness (QED) is 0.376. The van der Waals surface area contributed by atoms with E-state index in [0.717, 1.165) is 16.9 Å². The van der Waals surface area contributed by atoms with Gasteiger partial charge in [-0.3, -0.25) is 4.79 Å². The average molecular weight is 432 g/mol. The van der Waals surface area contributed by atoms with E-state index in [4.69, 9.17) is 14.2 Å². The number of carbonyl (C=O) groups excluding carboxylic acids is 2. The molecule has 7 nitrogen and oxygen atoms in total. The van der Waals surface area contributed by atoms with Crippen molar-refractivity contribution in [2.24, 2.45) is 4.99 Å². The second-order valence-electron chi connectivity index (χ2n) is 7.03. The van der Waals surface area contributed by atoms with E-state index in [1.54, 1.807) is 32.4 Å². The molecule has 7 heteroatoms. The second-order valence-corrected chi connectivity index (χ2v) is 7.03. The Kier molecular flexibility index (Phi) is 7.26. The summed E-state index contributed by atoms with van der Waals surface area (Å²) in [7, 11) is 4.70. The Hall–Kier alpha value is -4.09. The van der Waals surface area contributed by atoms with Gasteiger partial charge in [-0.15, -0.1) is 0 Å². The molecule has 1 amide bonds. The van der Waals surface area contributed by atoms with Crippen molar-refractivity contribution in [3.63, 3.8) is 0 Å². The van der Waals surface area contributed by atoms with Gasteiger partial charge in [0.15, 0.2) is 0 Å². The number of carbonyl (C=O) groups is 1. The third-order valence-electron chi connectivity index (χ3n) is 4.94. The molecule has 0 fully saturated rings. The van der Waals surface area contributed by atoms with Crippen LogP contribution in [0.2, 0.25) is 0 Å². The fourth-order valence-electron chi connectivity index (χ4n) is 3.21. The summed E-state index contributed by atoms with van der Waals surface area (Å²) in [5, 5.41) is 0. The normalized spacial score (nSPS) is 10.1. The van der Waals surface area contributed by atoms with Gasteiger partial charge in [0.05, 0.1) is 25.5 Å². The van der Waals surface area contributed by atoms with Crippen LogP contribution >= 0.6 is 0 Å². The van der Waals surface area contributed by atoms with E-state index in [9.17, 15) is 9.59 Å². The van der Waals surface area contributed by atoms with E-state index in [1.165, 1.54) is 18.1 Å². The first-order valence-electron chi connectivity index (χ1n) is 9.87. The first-order chi connectivity index (χ1) is 15.5. The van der Waals surface area contributed by atoms with Gasteiger partial charge in [0.25, 0.3) is 5.91 Å². The molecule has 0 aromatic heterocycles. The molecular formula is C25H24N2O5. The highest BCUT2D eigenvalue weighted by Gasteiger charge is 2.22. The predicted molar refractivity (Wildman–Crippen MR) is 122 cm³/mol.